The number of benzene rings is 1. The number of phenols is 1. The van der Waals surface area contributed by atoms with Crippen LogP contribution in [0.2, 0.25) is 0 Å². The Hall–Kier alpha value is -0.980. The lowest BCUT2D eigenvalue weighted by atomic mass is 9.94. The number of aromatic hydroxyl groups is 1. The van der Waals surface area contributed by atoms with Crippen LogP contribution in [-0.4, -0.2) is 5.11 Å². The van der Waals surface area contributed by atoms with E-state index in [1.807, 2.05) is 6.07 Å². The highest BCUT2D eigenvalue weighted by Crippen LogP contribution is 2.52. The maximum atomic E-state index is 10.2. The van der Waals surface area contributed by atoms with E-state index in [1.54, 1.807) is 0 Å². The van der Waals surface area contributed by atoms with Crippen LogP contribution in [0, 0.1) is 10.8 Å². The molecule has 2 fully saturated rings. The molecule has 140 valence electrons. The standard InChI is InChI=1S/C24H38O/c1-3-24(17-18-24)14-7-4-5-10-21-19-20(11-12-22(21)25)9-6-8-13-23(2)15-16-23/h11-12,19,25H,3-10,13-18H2,1-2H3. The third-order valence-corrected chi connectivity index (χ3v) is 7.10. The molecule has 1 aromatic carbocycles. The van der Waals surface area contributed by atoms with Crippen molar-refractivity contribution < 1.29 is 5.11 Å². The van der Waals surface area contributed by atoms with E-state index in [-0.39, 0.29) is 0 Å². The molecule has 2 aliphatic carbocycles. The van der Waals surface area contributed by atoms with Crippen LogP contribution in [-0.2, 0) is 12.8 Å². The van der Waals surface area contributed by atoms with Gasteiger partial charge in [0.1, 0.15) is 5.75 Å². The van der Waals surface area contributed by atoms with Gasteiger partial charge in [0.15, 0.2) is 0 Å². The monoisotopic (exact) mass is 342 g/mol. The van der Waals surface area contributed by atoms with Gasteiger partial charge in [-0.3, -0.25) is 0 Å². The second-order valence-corrected chi connectivity index (χ2v) is 9.40. The van der Waals surface area contributed by atoms with E-state index in [4.69, 9.17) is 0 Å². The fourth-order valence-corrected chi connectivity index (χ4v) is 4.29. The largest absolute Gasteiger partial charge is 0.508 e. The first-order valence-electron chi connectivity index (χ1n) is 10.9. The Balaban J connectivity index is 1.35. The topological polar surface area (TPSA) is 20.2 Å². The Kier molecular flexibility index (Phi) is 6.12. The van der Waals surface area contributed by atoms with Crippen molar-refractivity contribution in [1.82, 2.24) is 0 Å². The predicted molar refractivity (Wildman–Crippen MR) is 107 cm³/mol. The summed E-state index contributed by atoms with van der Waals surface area (Å²) in [5, 5.41) is 10.2. The van der Waals surface area contributed by atoms with Gasteiger partial charge in [-0.1, -0.05) is 51.7 Å². The predicted octanol–water partition coefficient (Wildman–Crippen LogP) is 7.20. The van der Waals surface area contributed by atoms with Crippen LogP contribution < -0.4 is 0 Å². The summed E-state index contributed by atoms with van der Waals surface area (Å²) in [6, 6.07) is 6.31. The molecular weight excluding hydrogens is 304 g/mol. The molecule has 0 saturated heterocycles. The maximum absolute atomic E-state index is 10.2. The van der Waals surface area contributed by atoms with Crippen molar-refractivity contribution in [1.29, 1.82) is 0 Å². The molecule has 0 radical (unpaired) electrons. The lowest BCUT2D eigenvalue weighted by molar-refractivity contribution is 0.421. The second kappa shape index (κ2) is 8.14. The zero-order valence-electron chi connectivity index (χ0n) is 16.6. The van der Waals surface area contributed by atoms with Crippen LogP contribution in [0.1, 0.15) is 102 Å². The molecule has 0 unspecified atom stereocenters. The maximum Gasteiger partial charge on any atom is 0.118 e. The first kappa shape index (κ1) is 18.8. The number of unbranched alkanes of at least 4 members (excludes halogenated alkanes) is 3. The molecule has 2 saturated carbocycles. The van der Waals surface area contributed by atoms with Gasteiger partial charge in [-0.2, -0.15) is 0 Å². The summed E-state index contributed by atoms with van der Waals surface area (Å²) in [6.45, 7) is 4.78. The number of hydrogen-bond donors (Lipinski definition) is 1. The second-order valence-electron chi connectivity index (χ2n) is 9.40. The van der Waals surface area contributed by atoms with Gasteiger partial charge in [-0.15, -0.1) is 0 Å². The molecule has 1 heteroatoms. The highest BCUT2D eigenvalue weighted by Gasteiger charge is 2.39. The minimum atomic E-state index is 0.501. The van der Waals surface area contributed by atoms with E-state index in [9.17, 15) is 5.11 Å². The molecule has 0 aromatic heterocycles. The van der Waals surface area contributed by atoms with Crippen molar-refractivity contribution >= 4 is 0 Å². The van der Waals surface area contributed by atoms with Gasteiger partial charge in [0.2, 0.25) is 0 Å². The van der Waals surface area contributed by atoms with Crippen molar-refractivity contribution in [2.75, 3.05) is 0 Å². The van der Waals surface area contributed by atoms with Gasteiger partial charge in [0.05, 0.1) is 0 Å². The molecule has 1 N–H and O–H groups in total. The van der Waals surface area contributed by atoms with Gasteiger partial charge < -0.3 is 5.11 Å². The van der Waals surface area contributed by atoms with Crippen LogP contribution in [0.15, 0.2) is 18.2 Å². The first-order valence-corrected chi connectivity index (χ1v) is 10.9. The summed E-state index contributed by atoms with van der Waals surface area (Å²) in [7, 11) is 0. The van der Waals surface area contributed by atoms with E-state index < -0.39 is 0 Å². The first-order chi connectivity index (χ1) is 12.0. The molecule has 0 heterocycles. The molecule has 2 aliphatic rings. The highest BCUT2D eigenvalue weighted by molar-refractivity contribution is 5.36. The van der Waals surface area contributed by atoms with Gasteiger partial charge in [0, 0.05) is 0 Å². The Morgan fingerprint density at radius 1 is 0.880 bits per heavy atom. The number of rotatable bonds is 12. The summed E-state index contributed by atoms with van der Waals surface area (Å²) in [5.41, 5.74) is 4.01. The normalized spacial score (nSPS) is 19.8. The SMILES string of the molecule is CCC1(CCCCCc2cc(CCCCC3(C)CC3)ccc2O)CC1. The average Bonchev–Trinajstić information content (AvgIpc) is 3.52. The summed E-state index contributed by atoms with van der Waals surface area (Å²) in [6.07, 6.45) is 18.7. The lowest BCUT2D eigenvalue weighted by Crippen LogP contribution is -1.98. The van der Waals surface area contributed by atoms with Crippen molar-refractivity contribution in [3.8, 4) is 5.75 Å². The molecule has 0 aliphatic heterocycles. The quantitative estimate of drug-likeness (QED) is 0.398. The van der Waals surface area contributed by atoms with Crippen molar-refractivity contribution in [2.24, 2.45) is 10.8 Å². The minimum Gasteiger partial charge on any atom is -0.508 e. The van der Waals surface area contributed by atoms with Crippen molar-refractivity contribution in [3.63, 3.8) is 0 Å². The van der Waals surface area contributed by atoms with Crippen molar-refractivity contribution in [2.45, 2.75) is 104 Å². The average molecular weight is 343 g/mol. The van der Waals surface area contributed by atoms with Gasteiger partial charge in [-0.05, 0) is 92.2 Å². The van der Waals surface area contributed by atoms with E-state index in [0.29, 0.717) is 11.2 Å². The van der Waals surface area contributed by atoms with Crippen LogP contribution in [0.5, 0.6) is 5.75 Å². The Morgan fingerprint density at radius 2 is 1.60 bits per heavy atom. The van der Waals surface area contributed by atoms with Crippen LogP contribution in [0.4, 0.5) is 0 Å². The molecule has 3 rings (SSSR count). The summed E-state index contributed by atoms with van der Waals surface area (Å²) in [4.78, 5) is 0. The zero-order valence-corrected chi connectivity index (χ0v) is 16.6. The number of hydrogen-bond acceptors (Lipinski definition) is 1. The van der Waals surface area contributed by atoms with E-state index in [1.165, 1.54) is 94.6 Å². The Morgan fingerprint density at radius 3 is 2.28 bits per heavy atom. The minimum absolute atomic E-state index is 0.501. The zero-order chi connectivity index (χ0) is 17.8. The van der Waals surface area contributed by atoms with Gasteiger partial charge in [-0.25, -0.2) is 0 Å². The Bertz CT molecular complexity index is 551. The number of aryl methyl sites for hydroxylation is 2. The smallest absolute Gasteiger partial charge is 0.118 e. The van der Waals surface area contributed by atoms with E-state index in [0.717, 1.165) is 11.8 Å². The molecule has 1 aromatic rings. The molecular formula is C24H38O. The fourth-order valence-electron chi connectivity index (χ4n) is 4.29. The van der Waals surface area contributed by atoms with E-state index in [2.05, 4.69) is 26.0 Å². The van der Waals surface area contributed by atoms with Crippen LogP contribution in [0.25, 0.3) is 0 Å². The van der Waals surface area contributed by atoms with Crippen LogP contribution >= 0.6 is 0 Å². The van der Waals surface area contributed by atoms with Crippen molar-refractivity contribution in [3.05, 3.63) is 29.3 Å². The molecule has 1 nitrogen and oxygen atoms in total. The van der Waals surface area contributed by atoms with E-state index >= 15 is 0 Å². The van der Waals surface area contributed by atoms with Gasteiger partial charge >= 0.3 is 0 Å². The Labute approximate surface area is 155 Å². The summed E-state index contributed by atoms with van der Waals surface area (Å²) < 4.78 is 0. The molecule has 25 heavy (non-hydrogen) atoms. The molecule has 0 bridgehead atoms. The molecule has 0 amide bonds. The summed E-state index contributed by atoms with van der Waals surface area (Å²) >= 11 is 0. The molecule has 0 atom stereocenters. The van der Waals surface area contributed by atoms with Crippen LogP contribution in [0.3, 0.4) is 0 Å². The summed E-state index contributed by atoms with van der Waals surface area (Å²) in [5.74, 6) is 0.501. The van der Waals surface area contributed by atoms with Gasteiger partial charge in [0.25, 0.3) is 0 Å². The third kappa shape index (κ3) is 5.76. The molecule has 0 spiro atoms. The fraction of sp³-hybridized carbons (Fsp3) is 0.750. The highest BCUT2D eigenvalue weighted by atomic mass is 16.3. The lowest BCUT2D eigenvalue weighted by Gasteiger charge is -2.12. The third-order valence-electron chi connectivity index (χ3n) is 7.10. The number of phenolic OH excluding ortho intramolecular Hbond substituents is 1.